The highest BCUT2D eigenvalue weighted by Crippen LogP contribution is 2.43. The van der Waals surface area contributed by atoms with Crippen molar-refractivity contribution >= 4 is 17.5 Å². The lowest BCUT2D eigenvalue weighted by Crippen LogP contribution is -2.50. The van der Waals surface area contributed by atoms with Crippen LogP contribution in [-0.2, 0) is 9.59 Å². The normalized spacial score (nSPS) is 24.6. The molecular formula is C28H36N2O5. The molecule has 0 unspecified atom stereocenters. The molecule has 2 aromatic rings. The topological polar surface area (TPSA) is 77.1 Å². The van der Waals surface area contributed by atoms with Crippen LogP contribution in [0.1, 0.15) is 57.1 Å². The Bertz CT molecular complexity index is 1030. The Labute approximate surface area is 207 Å². The van der Waals surface area contributed by atoms with Crippen LogP contribution in [0.5, 0.6) is 17.2 Å². The maximum Gasteiger partial charge on any atom is 0.227 e. The number of hydrogen-bond donors (Lipinski definition) is 1. The van der Waals surface area contributed by atoms with E-state index in [9.17, 15) is 9.59 Å². The standard InChI is InChI=1S/C28H36N2O5/c1-18-5-8-20(9-6-18)29-28(32)23-14-16-26(31)30(21-10-12-22(33-2)13-11-21)27(23)19-7-15-24(34-3)25(17-19)35-4/h7,10-13,15,17-18,20,23,27H,5-6,8-9,14,16H2,1-4H3,(H,29,32)/t18?,20?,23-,27+/m1/s1. The van der Waals surface area contributed by atoms with Crippen molar-refractivity contribution in [3.05, 3.63) is 48.0 Å². The highest BCUT2D eigenvalue weighted by Gasteiger charge is 2.42. The maximum atomic E-state index is 13.7. The largest absolute Gasteiger partial charge is 0.497 e. The van der Waals surface area contributed by atoms with Crippen molar-refractivity contribution in [2.45, 2.75) is 57.5 Å². The summed E-state index contributed by atoms with van der Waals surface area (Å²) in [4.78, 5) is 28.7. The summed E-state index contributed by atoms with van der Waals surface area (Å²) in [6.45, 7) is 2.27. The summed E-state index contributed by atoms with van der Waals surface area (Å²) in [7, 11) is 4.79. The third-order valence-corrected chi connectivity index (χ3v) is 7.40. The molecule has 2 aromatic carbocycles. The number of carbonyl (C=O) groups excluding carboxylic acids is 2. The lowest BCUT2D eigenvalue weighted by Gasteiger charge is -2.41. The van der Waals surface area contributed by atoms with Gasteiger partial charge >= 0.3 is 0 Å². The zero-order valence-electron chi connectivity index (χ0n) is 21.1. The second-order valence-corrected chi connectivity index (χ2v) is 9.63. The van der Waals surface area contributed by atoms with Gasteiger partial charge in [-0.2, -0.15) is 0 Å². The van der Waals surface area contributed by atoms with Crippen LogP contribution in [0.3, 0.4) is 0 Å². The van der Waals surface area contributed by atoms with Crippen LogP contribution >= 0.6 is 0 Å². The Hall–Kier alpha value is -3.22. The summed E-state index contributed by atoms with van der Waals surface area (Å²) in [5.74, 6) is 2.21. The van der Waals surface area contributed by atoms with Crippen molar-refractivity contribution in [3.63, 3.8) is 0 Å². The van der Waals surface area contributed by atoms with Gasteiger partial charge in [-0.1, -0.05) is 13.0 Å². The number of nitrogens with one attached hydrogen (secondary N) is 1. The average molecular weight is 481 g/mol. The molecule has 0 radical (unpaired) electrons. The molecule has 35 heavy (non-hydrogen) atoms. The van der Waals surface area contributed by atoms with Gasteiger partial charge in [0.1, 0.15) is 5.75 Å². The van der Waals surface area contributed by atoms with Crippen LogP contribution in [0.4, 0.5) is 5.69 Å². The molecule has 0 spiro atoms. The molecule has 7 nitrogen and oxygen atoms in total. The molecule has 2 fully saturated rings. The van der Waals surface area contributed by atoms with Gasteiger partial charge in [0.2, 0.25) is 11.8 Å². The van der Waals surface area contributed by atoms with Crippen molar-refractivity contribution in [1.82, 2.24) is 5.32 Å². The van der Waals surface area contributed by atoms with Gasteiger partial charge in [0, 0.05) is 18.2 Å². The van der Waals surface area contributed by atoms with Crippen LogP contribution < -0.4 is 24.4 Å². The summed E-state index contributed by atoms with van der Waals surface area (Å²) in [6.07, 6.45) is 5.08. The molecular weight excluding hydrogens is 444 g/mol. The molecule has 188 valence electrons. The molecule has 2 aliphatic rings. The first kappa shape index (κ1) is 24.9. The summed E-state index contributed by atoms with van der Waals surface area (Å²) in [6, 6.07) is 12.8. The number of rotatable bonds is 7. The fraction of sp³-hybridized carbons (Fsp3) is 0.500. The monoisotopic (exact) mass is 480 g/mol. The van der Waals surface area contributed by atoms with E-state index >= 15 is 0 Å². The van der Waals surface area contributed by atoms with Crippen molar-refractivity contribution in [1.29, 1.82) is 0 Å². The summed E-state index contributed by atoms with van der Waals surface area (Å²) < 4.78 is 16.3. The van der Waals surface area contributed by atoms with E-state index in [1.54, 1.807) is 26.2 Å². The number of nitrogens with zero attached hydrogens (tertiary/aromatic N) is 1. The van der Waals surface area contributed by atoms with Gasteiger partial charge in [0.25, 0.3) is 0 Å². The van der Waals surface area contributed by atoms with Crippen molar-refractivity contribution in [2.75, 3.05) is 26.2 Å². The Morgan fingerprint density at radius 3 is 2.20 bits per heavy atom. The number of anilines is 1. The molecule has 1 saturated heterocycles. The number of piperidine rings is 1. The van der Waals surface area contributed by atoms with Crippen molar-refractivity contribution in [3.8, 4) is 17.2 Å². The quantitative estimate of drug-likeness (QED) is 0.611. The van der Waals surface area contributed by atoms with Gasteiger partial charge in [-0.25, -0.2) is 0 Å². The first-order valence-corrected chi connectivity index (χ1v) is 12.4. The van der Waals surface area contributed by atoms with E-state index in [1.165, 1.54) is 0 Å². The number of carbonyl (C=O) groups is 2. The Balaban J connectivity index is 1.71. The molecule has 1 aliphatic carbocycles. The molecule has 1 saturated carbocycles. The minimum Gasteiger partial charge on any atom is -0.497 e. The van der Waals surface area contributed by atoms with Gasteiger partial charge < -0.3 is 24.4 Å². The van der Waals surface area contributed by atoms with Crippen molar-refractivity contribution in [2.24, 2.45) is 11.8 Å². The molecule has 0 aromatic heterocycles. The first-order chi connectivity index (χ1) is 16.9. The van der Waals surface area contributed by atoms with E-state index in [1.807, 2.05) is 42.5 Å². The number of amides is 2. The molecule has 2 amide bonds. The molecule has 1 aliphatic heterocycles. The van der Waals surface area contributed by atoms with E-state index in [0.29, 0.717) is 36.0 Å². The zero-order chi connectivity index (χ0) is 24.9. The fourth-order valence-electron chi connectivity index (χ4n) is 5.35. The van der Waals surface area contributed by atoms with Crippen LogP contribution in [0, 0.1) is 11.8 Å². The SMILES string of the molecule is COc1ccc(N2C(=O)CC[C@@H](C(=O)NC3CCC(C)CC3)[C@@H]2c2ccc(OC)c(OC)c2)cc1. The van der Waals surface area contributed by atoms with Crippen LogP contribution in [0.2, 0.25) is 0 Å². The number of methoxy groups -OCH3 is 3. The molecule has 2 atom stereocenters. The summed E-state index contributed by atoms with van der Waals surface area (Å²) >= 11 is 0. The van der Waals surface area contributed by atoms with Crippen LogP contribution in [0.15, 0.2) is 42.5 Å². The Morgan fingerprint density at radius 2 is 1.57 bits per heavy atom. The molecule has 1 N–H and O–H groups in total. The van der Waals surface area contributed by atoms with Gasteiger partial charge in [-0.15, -0.1) is 0 Å². The van der Waals surface area contributed by atoms with Gasteiger partial charge in [-0.3, -0.25) is 9.59 Å². The minimum absolute atomic E-state index is 0.00880. The highest BCUT2D eigenvalue weighted by atomic mass is 16.5. The van der Waals surface area contributed by atoms with Crippen molar-refractivity contribution < 1.29 is 23.8 Å². The maximum absolute atomic E-state index is 13.7. The lowest BCUT2D eigenvalue weighted by molar-refractivity contribution is -0.130. The molecule has 1 heterocycles. The minimum atomic E-state index is -0.466. The van der Waals surface area contributed by atoms with Gasteiger partial charge in [0.05, 0.1) is 33.3 Å². The fourth-order valence-corrected chi connectivity index (χ4v) is 5.35. The summed E-state index contributed by atoms with van der Waals surface area (Å²) in [5.41, 5.74) is 1.57. The number of hydrogen-bond acceptors (Lipinski definition) is 5. The predicted molar refractivity (Wildman–Crippen MR) is 135 cm³/mol. The molecule has 4 rings (SSSR count). The van der Waals surface area contributed by atoms with E-state index in [-0.39, 0.29) is 23.8 Å². The van der Waals surface area contributed by atoms with Crippen LogP contribution in [-0.4, -0.2) is 39.2 Å². The number of benzene rings is 2. The lowest BCUT2D eigenvalue weighted by atomic mass is 9.82. The van der Waals surface area contributed by atoms with E-state index in [2.05, 4.69) is 12.2 Å². The van der Waals surface area contributed by atoms with E-state index < -0.39 is 6.04 Å². The van der Waals surface area contributed by atoms with E-state index in [4.69, 9.17) is 14.2 Å². The Morgan fingerprint density at radius 1 is 0.886 bits per heavy atom. The highest BCUT2D eigenvalue weighted by molar-refractivity contribution is 5.97. The molecule has 7 heteroatoms. The average Bonchev–Trinajstić information content (AvgIpc) is 2.89. The third kappa shape index (κ3) is 5.39. The molecule has 0 bridgehead atoms. The summed E-state index contributed by atoms with van der Waals surface area (Å²) in [5, 5.41) is 3.31. The smallest absolute Gasteiger partial charge is 0.227 e. The van der Waals surface area contributed by atoms with E-state index in [0.717, 1.165) is 36.9 Å². The second kappa shape index (κ2) is 11.0. The first-order valence-electron chi connectivity index (χ1n) is 12.4. The second-order valence-electron chi connectivity index (χ2n) is 9.63. The van der Waals surface area contributed by atoms with Gasteiger partial charge in [-0.05, 0) is 80.0 Å². The Kier molecular flexibility index (Phi) is 7.83. The third-order valence-electron chi connectivity index (χ3n) is 7.40. The van der Waals surface area contributed by atoms with Gasteiger partial charge in [0.15, 0.2) is 11.5 Å². The number of ether oxygens (including phenoxy) is 3. The van der Waals surface area contributed by atoms with Crippen LogP contribution in [0.25, 0.3) is 0 Å². The zero-order valence-corrected chi connectivity index (χ0v) is 21.1. The predicted octanol–water partition coefficient (Wildman–Crippen LogP) is 4.89.